The molecule has 1 aliphatic carbocycles. The third-order valence-electron chi connectivity index (χ3n) is 5.87. The second-order valence-corrected chi connectivity index (χ2v) is 9.56. The Kier molecular flexibility index (Phi) is 6.57. The van der Waals surface area contributed by atoms with Crippen molar-refractivity contribution in [3.63, 3.8) is 0 Å². The van der Waals surface area contributed by atoms with Gasteiger partial charge >= 0.3 is 6.18 Å². The van der Waals surface area contributed by atoms with Crippen molar-refractivity contribution in [2.24, 2.45) is 0 Å². The van der Waals surface area contributed by atoms with Gasteiger partial charge in [-0.15, -0.1) is 0 Å². The highest BCUT2D eigenvalue weighted by Crippen LogP contribution is 2.28. The van der Waals surface area contributed by atoms with Crippen molar-refractivity contribution in [2.45, 2.75) is 61.7 Å². The first-order valence-electron chi connectivity index (χ1n) is 10.6. The third kappa shape index (κ3) is 5.69. The molecule has 2 aromatic rings. The first-order chi connectivity index (χ1) is 14.4. The Labute approximate surface area is 177 Å². The quantitative estimate of drug-likeness (QED) is 0.691. The number of rotatable bonds is 6. The van der Waals surface area contributed by atoms with Crippen molar-refractivity contribution < 1.29 is 13.2 Å². The van der Waals surface area contributed by atoms with Crippen LogP contribution in [0.4, 0.5) is 18.9 Å². The summed E-state index contributed by atoms with van der Waals surface area (Å²) < 4.78 is 37.6. The SMILES string of the molecule is O=c1[nH]c(CSC2CCN(CC(F)(F)F)CC2)nc2cc(NC3CCCC3)ccc12. The highest BCUT2D eigenvalue weighted by Gasteiger charge is 2.32. The number of aromatic amines is 1. The Morgan fingerprint density at radius 2 is 1.90 bits per heavy atom. The van der Waals surface area contributed by atoms with Crippen LogP contribution in [0, 0.1) is 0 Å². The molecule has 1 saturated heterocycles. The standard InChI is InChI=1S/C21H27F3N4OS/c22-21(23,24)13-28-9-7-16(8-10-28)30-12-19-26-18-11-15(25-14-3-1-2-4-14)5-6-17(18)20(29)27-19/h5-6,11,14,16,25H,1-4,7-10,12-13H2,(H,26,27,29). The number of benzene rings is 1. The third-order valence-corrected chi connectivity index (χ3v) is 7.26. The zero-order chi connectivity index (χ0) is 21.1. The lowest BCUT2D eigenvalue weighted by molar-refractivity contribution is -0.147. The molecule has 2 heterocycles. The van der Waals surface area contributed by atoms with E-state index in [1.165, 1.54) is 30.6 Å². The van der Waals surface area contributed by atoms with E-state index in [-0.39, 0.29) is 10.8 Å². The average molecular weight is 441 g/mol. The predicted octanol–water partition coefficient (Wildman–Crippen LogP) is 4.54. The van der Waals surface area contributed by atoms with E-state index >= 15 is 0 Å². The van der Waals surface area contributed by atoms with E-state index in [4.69, 9.17) is 0 Å². The van der Waals surface area contributed by atoms with Gasteiger partial charge in [-0.25, -0.2) is 4.98 Å². The molecule has 1 aliphatic heterocycles. The molecule has 4 rings (SSSR count). The monoisotopic (exact) mass is 440 g/mol. The molecule has 2 aliphatic rings. The number of fused-ring (bicyclic) bond motifs is 1. The van der Waals surface area contributed by atoms with Crippen molar-refractivity contribution in [1.82, 2.24) is 14.9 Å². The van der Waals surface area contributed by atoms with E-state index in [0.717, 1.165) is 5.69 Å². The van der Waals surface area contributed by atoms with E-state index in [9.17, 15) is 18.0 Å². The summed E-state index contributed by atoms with van der Waals surface area (Å²) in [5.74, 6) is 1.17. The fourth-order valence-corrected chi connectivity index (χ4v) is 5.41. The average Bonchev–Trinajstić information content (AvgIpc) is 3.19. The van der Waals surface area contributed by atoms with Crippen molar-refractivity contribution in [3.05, 3.63) is 34.4 Å². The topological polar surface area (TPSA) is 61.0 Å². The largest absolute Gasteiger partial charge is 0.401 e. The molecule has 0 unspecified atom stereocenters. The van der Waals surface area contributed by atoms with Crippen molar-refractivity contribution in [3.8, 4) is 0 Å². The fourth-order valence-electron chi connectivity index (χ4n) is 4.34. The number of hydrogen-bond donors (Lipinski definition) is 2. The summed E-state index contributed by atoms with van der Waals surface area (Å²) in [6.45, 7) is 0.0746. The molecule has 0 bridgehead atoms. The van der Waals surface area contributed by atoms with Gasteiger partial charge < -0.3 is 10.3 Å². The van der Waals surface area contributed by atoms with Crippen LogP contribution in [0.15, 0.2) is 23.0 Å². The number of aromatic nitrogens is 2. The molecular weight excluding hydrogens is 413 g/mol. The van der Waals surface area contributed by atoms with Gasteiger partial charge in [0.2, 0.25) is 0 Å². The fraction of sp³-hybridized carbons (Fsp3) is 0.619. The first-order valence-corrected chi connectivity index (χ1v) is 11.6. The predicted molar refractivity (Wildman–Crippen MR) is 115 cm³/mol. The number of piperidine rings is 1. The molecular formula is C21H27F3N4OS. The van der Waals surface area contributed by atoms with Gasteiger partial charge in [-0.05, 0) is 57.0 Å². The second kappa shape index (κ2) is 9.18. The van der Waals surface area contributed by atoms with Gasteiger partial charge in [0.05, 0.1) is 23.2 Å². The number of alkyl halides is 3. The van der Waals surface area contributed by atoms with Crippen LogP contribution in [0.2, 0.25) is 0 Å². The maximum Gasteiger partial charge on any atom is 0.401 e. The molecule has 0 atom stereocenters. The zero-order valence-electron chi connectivity index (χ0n) is 16.8. The van der Waals surface area contributed by atoms with E-state index in [0.29, 0.717) is 54.5 Å². The Balaban J connectivity index is 1.36. The minimum Gasteiger partial charge on any atom is -0.382 e. The van der Waals surface area contributed by atoms with Crippen LogP contribution < -0.4 is 10.9 Å². The van der Waals surface area contributed by atoms with E-state index in [2.05, 4.69) is 15.3 Å². The second-order valence-electron chi connectivity index (χ2n) is 8.27. The number of H-pyrrole nitrogens is 1. The Morgan fingerprint density at radius 1 is 1.17 bits per heavy atom. The van der Waals surface area contributed by atoms with Crippen molar-refractivity contribution in [1.29, 1.82) is 0 Å². The van der Waals surface area contributed by atoms with E-state index < -0.39 is 12.7 Å². The van der Waals surface area contributed by atoms with Crippen LogP contribution in [0.1, 0.15) is 44.3 Å². The first kappa shape index (κ1) is 21.5. The van der Waals surface area contributed by atoms with Crippen LogP contribution in [0.3, 0.4) is 0 Å². The highest BCUT2D eigenvalue weighted by atomic mass is 32.2. The zero-order valence-corrected chi connectivity index (χ0v) is 17.6. The molecule has 164 valence electrons. The van der Waals surface area contributed by atoms with Gasteiger partial charge in [-0.2, -0.15) is 24.9 Å². The van der Waals surface area contributed by atoms with Gasteiger partial charge in [-0.1, -0.05) is 12.8 Å². The lowest BCUT2D eigenvalue weighted by Crippen LogP contribution is -2.40. The Bertz CT molecular complexity index is 919. The number of nitrogens with one attached hydrogen (secondary N) is 2. The molecule has 0 radical (unpaired) electrons. The molecule has 2 fully saturated rings. The van der Waals surface area contributed by atoms with Gasteiger partial charge in [-0.3, -0.25) is 9.69 Å². The Morgan fingerprint density at radius 3 is 2.60 bits per heavy atom. The van der Waals surface area contributed by atoms with Crippen molar-refractivity contribution >= 4 is 28.4 Å². The molecule has 1 aromatic heterocycles. The minimum absolute atomic E-state index is 0.150. The molecule has 9 heteroatoms. The van der Waals surface area contributed by atoms with Gasteiger partial charge in [0.15, 0.2) is 0 Å². The molecule has 2 N–H and O–H groups in total. The molecule has 5 nitrogen and oxygen atoms in total. The van der Waals surface area contributed by atoms with Crippen LogP contribution in [-0.2, 0) is 5.75 Å². The van der Waals surface area contributed by atoms with Crippen LogP contribution in [0.5, 0.6) is 0 Å². The molecule has 0 amide bonds. The summed E-state index contributed by atoms with van der Waals surface area (Å²) in [6.07, 6.45) is 2.14. The van der Waals surface area contributed by atoms with Gasteiger partial charge in [0, 0.05) is 17.0 Å². The number of hydrogen-bond acceptors (Lipinski definition) is 5. The van der Waals surface area contributed by atoms with Crippen LogP contribution >= 0.6 is 11.8 Å². The number of anilines is 1. The highest BCUT2D eigenvalue weighted by molar-refractivity contribution is 7.99. The molecule has 1 saturated carbocycles. The lowest BCUT2D eigenvalue weighted by Gasteiger charge is -2.31. The minimum atomic E-state index is -4.14. The number of likely N-dealkylation sites (tertiary alicyclic amines) is 1. The van der Waals surface area contributed by atoms with Crippen molar-refractivity contribution in [2.75, 3.05) is 25.0 Å². The summed E-state index contributed by atoms with van der Waals surface area (Å²) in [6, 6.07) is 6.17. The number of thioether (sulfide) groups is 1. The summed E-state index contributed by atoms with van der Waals surface area (Å²) >= 11 is 1.66. The van der Waals surface area contributed by atoms with E-state index in [1.54, 1.807) is 11.8 Å². The van der Waals surface area contributed by atoms with Gasteiger partial charge in [0.1, 0.15) is 5.82 Å². The smallest absolute Gasteiger partial charge is 0.382 e. The summed E-state index contributed by atoms with van der Waals surface area (Å²) in [5, 5.41) is 4.39. The molecule has 30 heavy (non-hydrogen) atoms. The Hall–Kier alpha value is -1.74. The number of nitrogens with zero attached hydrogens (tertiary/aromatic N) is 2. The maximum absolute atomic E-state index is 12.5. The number of halogens is 3. The lowest BCUT2D eigenvalue weighted by atomic mass is 10.1. The summed E-state index contributed by atoms with van der Waals surface area (Å²) in [4.78, 5) is 21.4. The summed E-state index contributed by atoms with van der Waals surface area (Å²) in [7, 11) is 0. The van der Waals surface area contributed by atoms with E-state index in [1.807, 2.05) is 18.2 Å². The molecule has 1 aromatic carbocycles. The van der Waals surface area contributed by atoms with Crippen LogP contribution in [0.25, 0.3) is 10.9 Å². The molecule has 0 spiro atoms. The normalized spacial score (nSPS) is 19.6. The summed E-state index contributed by atoms with van der Waals surface area (Å²) in [5.41, 5.74) is 1.52. The van der Waals surface area contributed by atoms with Crippen LogP contribution in [-0.4, -0.2) is 52.0 Å². The maximum atomic E-state index is 12.5. The van der Waals surface area contributed by atoms with Gasteiger partial charge in [0.25, 0.3) is 5.56 Å².